The summed E-state index contributed by atoms with van der Waals surface area (Å²) in [5.74, 6) is -2.39. The van der Waals surface area contributed by atoms with Gasteiger partial charge in [0.1, 0.15) is 11.5 Å². The molecule has 0 radical (unpaired) electrons. The number of aliphatic carboxylic acids is 1. The van der Waals surface area contributed by atoms with Crippen molar-refractivity contribution in [3.63, 3.8) is 0 Å². The van der Waals surface area contributed by atoms with Crippen LogP contribution in [0.4, 0.5) is 4.39 Å². The minimum atomic E-state index is -0.979. The number of ketones is 1. The number of pyridine rings is 1. The van der Waals surface area contributed by atoms with E-state index >= 15 is 0 Å². The average Bonchev–Trinajstić information content (AvgIpc) is 3.20. The number of aromatic nitrogens is 2. The van der Waals surface area contributed by atoms with Gasteiger partial charge in [-0.25, -0.2) is 9.37 Å². The first-order chi connectivity index (χ1) is 13.9. The number of nitrogens with zero attached hydrogens (tertiary/aromatic N) is 2. The Labute approximate surface area is 167 Å². The minimum absolute atomic E-state index is 0.0269. The molecule has 0 fully saturated rings. The molecule has 0 saturated heterocycles. The Kier molecular flexibility index (Phi) is 4.82. The molecule has 150 valence electrons. The predicted octanol–water partition coefficient (Wildman–Crippen LogP) is 3.79. The number of ether oxygens (including phenoxy) is 1. The molecule has 0 unspecified atom stereocenters. The molecule has 1 aliphatic rings. The van der Waals surface area contributed by atoms with Crippen LogP contribution in [-0.2, 0) is 11.2 Å². The monoisotopic (exact) mass is 396 g/mol. The lowest BCUT2D eigenvalue weighted by Gasteiger charge is -2.16. The number of halogens is 1. The second kappa shape index (κ2) is 7.31. The van der Waals surface area contributed by atoms with Crippen LogP contribution in [0.5, 0.6) is 5.75 Å². The van der Waals surface area contributed by atoms with Gasteiger partial charge >= 0.3 is 5.97 Å². The number of carbonyl (C=O) groups is 2. The van der Waals surface area contributed by atoms with E-state index < -0.39 is 23.6 Å². The number of benzene rings is 1. The molecular formula is C22H21FN2O4. The highest BCUT2D eigenvalue weighted by atomic mass is 19.1. The van der Waals surface area contributed by atoms with Gasteiger partial charge in [-0.15, -0.1) is 0 Å². The Hall–Kier alpha value is -3.22. The van der Waals surface area contributed by atoms with Crippen LogP contribution in [0.1, 0.15) is 46.6 Å². The van der Waals surface area contributed by atoms with Crippen LogP contribution in [0.15, 0.2) is 36.5 Å². The van der Waals surface area contributed by atoms with Crippen molar-refractivity contribution >= 4 is 17.4 Å². The van der Waals surface area contributed by atoms with Gasteiger partial charge in [0.05, 0.1) is 18.2 Å². The first kappa shape index (κ1) is 19.1. The first-order valence-electron chi connectivity index (χ1n) is 9.55. The Morgan fingerprint density at radius 3 is 2.86 bits per heavy atom. The van der Waals surface area contributed by atoms with Crippen LogP contribution < -0.4 is 4.74 Å². The Balaban J connectivity index is 1.73. The summed E-state index contributed by atoms with van der Waals surface area (Å²) < 4.78 is 21.1. The molecule has 2 heterocycles. The van der Waals surface area contributed by atoms with Crippen LogP contribution in [0.3, 0.4) is 0 Å². The number of carboxylic acid groups (broad SMARTS) is 1. The third-order valence-corrected chi connectivity index (χ3v) is 5.51. The summed E-state index contributed by atoms with van der Waals surface area (Å²) in [5, 5.41) is 9.65. The molecule has 3 aromatic rings. The van der Waals surface area contributed by atoms with E-state index in [1.165, 1.54) is 12.1 Å². The molecule has 4 rings (SSSR count). The van der Waals surface area contributed by atoms with Gasteiger partial charge in [0.15, 0.2) is 17.2 Å². The van der Waals surface area contributed by atoms with Gasteiger partial charge in [-0.2, -0.15) is 0 Å². The van der Waals surface area contributed by atoms with Gasteiger partial charge in [-0.3, -0.25) is 14.0 Å². The molecule has 29 heavy (non-hydrogen) atoms. The highest BCUT2D eigenvalue weighted by Crippen LogP contribution is 2.41. The molecule has 0 amide bonds. The molecular weight excluding hydrogens is 375 g/mol. The van der Waals surface area contributed by atoms with E-state index in [0.717, 1.165) is 5.56 Å². The van der Waals surface area contributed by atoms with Crippen molar-refractivity contribution < 1.29 is 23.8 Å². The number of carbonyl (C=O) groups excluding carboxylic acids is 1. The van der Waals surface area contributed by atoms with E-state index in [2.05, 4.69) is 4.98 Å². The number of Topliss-reactive ketones (excluding diaryl/α,β-unsaturated/α-hetero) is 1. The second-order valence-electron chi connectivity index (χ2n) is 7.27. The molecule has 0 bridgehead atoms. The van der Waals surface area contributed by atoms with Crippen molar-refractivity contribution in [2.75, 3.05) is 6.61 Å². The molecule has 6 nitrogen and oxygen atoms in total. The highest BCUT2D eigenvalue weighted by molar-refractivity contribution is 5.97. The summed E-state index contributed by atoms with van der Waals surface area (Å²) in [5.41, 5.74) is 2.88. The summed E-state index contributed by atoms with van der Waals surface area (Å²) >= 11 is 0. The van der Waals surface area contributed by atoms with E-state index in [0.29, 0.717) is 41.4 Å². The van der Waals surface area contributed by atoms with E-state index in [1.54, 1.807) is 35.7 Å². The fourth-order valence-corrected chi connectivity index (χ4v) is 4.26. The Bertz CT molecular complexity index is 1120. The van der Waals surface area contributed by atoms with Crippen molar-refractivity contribution in [1.82, 2.24) is 9.38 Å². The lowest BCUT2D eigenvalue weighted by atomic mass is 9.87. The SMILES string of the molecule is CCOc1cccn2c(C(=O)C[C@@H]3c4cc(F)ccc4C[C@H]3C(=O)O)c(C)nc12. The van der Waals surface area contributed by atoms with Crippen molar-refractivity contribution in [2.45, 2.75) is 32.6 Å². The van der Waals surface area contributed by atoms with Gasteiger partial charge in [-0.1, -0.05) is 6.07 Å². The van der Waals surface area contributed by atoms with E-state index in [-0.39, 0.29) is 12.2 Å². The second-order valence-corrected chi connectivity index (χ2v) is 7.27. The summed E-state index contributed by atoms with van der Waals surface area (Å²) in [6.45, 7) is 4.08. The lowest BCUT2D eigenvalue weighted by Crippen LogP contribution is -2.21. The number of rotatable bonds is 6. The number of carboxylic acids is 1. The molecule has 0 spiro atoms. The number of hydrogen-bond acceptors (Lipinski definition) is 4. The number of aryl methyl sites for hydroxylation is 1. The lowest BCUT2D eigenvalue weighted by molar-refractivity contribution is -0.142. The summed E-state index contributed by atoms with van der Waals surface area (Å²) in [7, 11) is 0. The maximum absolute atomic E-state index is 13.8. The average molecular weight is 396 g/mol. The normalized spacial score (nSPS) is 18.0. The fourth-order valence-electron chi connectivity index (χ4n) is 4.26. The van der Waals surface area contributed by atoms with Crippen LogP contribution in [0.2, 0.25) is 0 Å². The zero-order valence-corrected chi connectivity index (χ0v) is 16.2. The summed E-state index contributed by atoms with van der Waals surface area (Å²) in [4.78, 5) is 29.5. The number of fused-ring (bicyclic) bond motifs is 2. The van der Waals surface area contributed by atoms with Gasteiger partial charge in [0.25, 0.3) is 0 Å². The molecule has 0 aliphatic heterocycles. The summed E-state index contributed by atoms with van der Waals surface area (Å²) in [6.07, 6.45) is 2.01. The van der Waals surface area contributed by atoms with Gasteiger partial charge < -0.3 is 9.84 Å². The molecule has 1 N–H and O–H groups in total. The van der Waals surface area contributed by atoms with E-state index in [4.69, 9.17) is 4.74 Å². The third kappa shape index (κ3) is 3.26. The Morgan fingerprint density at radius 2 is 2.14 bits per heavy atom. The maximum Gasteiger partial charge on any atom is 0.307 e. The topological polar surface area (TPSA) is 80.9 Å². The largest absolute Gasteiger partial charge is 0.490 e. The molecule has 0 saturated carbocycles. The maximum atomic E-state index is 13.8. The summed E-state index contributed by atoms with van der Waals surface area (Å²) in [6, 6.07) is 7.85. The van der Waals surface area contributed by atoms with Gasteiger partial charge in [0.2, 0.25) is 0 Å². The molecule has 1 aromatic carbocycles. The molecule has 7 heteroatoms. The first-order valence-corrected chi connectivity index (χ1v) is 9.55. The van der Waals surface area contributed by atoms with Crippen LogP contribution in [0.25, 0.3) is 5.65 Å². The highest BCUT2D eigenvalue weighted by Gasteiger charge is 2.39. The van der Waals surface area contributed by atoms with Crippen molar-refractivity contribution in [3.8, 4) is 5.75 Å². The number of imidazole rings is 1. The standard InChI is InChI=1S/C22H21FN2O4/c1-3-29-19-5-4-8-25-20(12(2)24-21(19)25)18(26)11-16-15-10-14(23)7-6-13(15)9-17(16)22(27)28/h4-8,10,16-17H,3,9,11H2,1-2H3,(H,27,28)/t16-,17-/m1/s1. The zero-order chi connectivity index (χ0) is 20.7. The zero-order valence-electron chi connectivity index (χ0n) is 16.2. The minimum Gasteiger partial charge on any atom is -0.490 e. The molecule has 2 aromatic heterocycles. The van der Waals surface area contributed by atoms with Crippen molar-refractivity contribution in [3.05, 3.63) is 64.9 Å². The predicted molar refractivity (Wildman–Crippen MR) is 104 cm³/mol. The smallest absolute Gasteiger partial charge is 0.307 e. The van der Waals surface area contributed by atoms with Crippen LogP contribution in [-0.4, -0.2) is 32.9 Å². The van der Waals surface area contributed by atoms with E-state index in [1.807, 2.05) is 6.92 Å². The fraction of sp³-hybridized carbons (Fsp3) is 0.318. The number of hydrogen-bond donors (Lipinski definition) is 1. The quantitative estimate of drug-likeness (QED) is 0.641. The molecule has 1 aliphatic carbocycles. The van der Waals surface area contributed by atoms with Gasteiger partial charge in [0, 0.05) is 18.5 Å². The van der Waals surface area contributed by atoms with Crippen LogP contribution >= 0.6 is 0 Å². The third-order valence-electron chi connectivity index (χ3n) is 5.51. The Morgan fingerprint density at radius 1 is 1.34 bits per heavy atom. The van der Waals surface area contributed by atoms with Crippen LogP contribution in [0, 0.1) is 18.7 Å². The van der Waals surface area contributed by atoms with Crippen molar-refractivity contribution in [1.29, 1.82) is 0 Å². The van der Waals surface area contributed by atoms with E-state index in [9.17, 15) is 19.1 Å². The van der Waals surface area contributed by atoms with Crippen molar-refractivity contribution in [2.24, 2.45) is 5.92 Å². The van der Waals surface area contributed by atoms with Gasteiger partial charge in [-0.05, 0) is 55.7 Å². The molecule has 2 atom stereocenters.